The van der Waals surface area contributed by atoms with E-state index in [9.17, 15) is 9.18 Å². The van der Waals surface area contributed by atoms with Crippen molar-refractivity contribution in [1.82, 2.24) is 10.3 Å². The molecule has 4 heteroatoms. The molecule has 0 fully saturated rings. The Bertz CT molecular complexity index is 312. The summed E-state index contributed by atoms with van der Waals surface area (Å²) in [4.78, 5) is 14.8. The van der Waals surface area contributed by atoms with Crippen LogP contribution in [0.1, 0.15) is 16.1 Å². The maximum Gasteiger partial charge on any atom is 0.252 e. The predicted molar refractivity (Wildman–Crippen MR) is 42.3 cm³/mol. The summed E-state index contributed by atoms with van der Waals surface area (Å²) in [5.74, 6) is -0.821. The van der Waals surface area contributed by atoms with Gasteiger partial charge in [-0.15, -0.1) is 0 Å². The number of rotatable bonds is 1. The Morgan fingerprint density at radius 1 is 1.67 bits per heavy atom. The molecule has 0 bridgehead atoms. The zero-order valence-corrected chi connectivity index (χ0v) is 6.89. The van der Waals surface area contributed by atoms with Crippen LogP contribution >= 0.6 is 0 Å². The summed E-state index contributed by atoms with van der Waals surface area (Å²) in [6.07, 6.45) is 1.09. The second-order valence-corrected chi connectivity index (χ2v) is 2.37. The Hall–Kier alpha value is -1.45. The van der Waals surface area contributed by atoms with E-state index in [1.165, 1.54) is 13.1 Å². The largest absolute Gasteiger partial charge is 0.355 e. The molecule has 1 rings (SSSR count). The van der Waals surface area contributed by atoms with E-state index < -0.39 is 5.82 Å². The minimum absolute atomic E-state index is 0.275. The smallest absolute Gasteiger partial charge is 0.252 e. The van der Waals surface area contributed by atoms with Crippen molar-refractivity contribution >= 4 is 5.91 Å². The highest BCUT2D eigenvalue weighted by atomic mass is 19.1. The first kappa shape index (κ1) is 8.64. The number of aryl methyl sites for hydroxylation is 1. The molecule has 0 aliphatic heterocycles. The van der Waals surface area contributed by atoms with E-state index in [0.29, 0.717) is 5.69 Å². The van der Waals surface area contributed by atoms with Gasteiger partial charge < -0.3 is 5.32 Å². The Morgan fingerprint density at radius 2 is 2.33 bits per heavy atom. The summed E-state index contributed by atoms with van der Waals surface area (Å²) in [5.41, 5.74) is 0.799. The first-order chi connectivity index (χ1) is 5.65. The molecule has 1 aromatic rings. The van der Waals surface area contributed by atoms with Crippen molar-refractivity contribution in [2.75, 3.05) is 7.05 Å². The molecule has 0 atom stereocenters. The molecule has 0 radical (unpaired) electrons. The monoisotopic (exact) mass is 168 g/mol. The third kappa shape index (κ3) is 1.58. The van der Waals surface area contributed by atoms with Gasteiger partial charge in [0.05, 0.1) is 17.5 Å². The standard InChI is InChI=1S/C8H9FN2O/c1-5-7(8(12)10-2)3-6(9)4-11-5/h3-4H,1-2H3,(H,10,12). The number of halogens is 1. The van der Waals surface area contributed by atoms with Crippen LogP contribution in [0.2, 0.25) is 0 Å². The van der Waals surface area contributed by atoms with E-state index in [1.807, 2.05) is 0 Å². The van der Waals surface area contributed by atoms with Crippen molar-refractivity contribution in [3.63, 3.8) is 0 Å². The number of carbonyl (C=O) groups is 1. The molecule has 0 saturated heterocycles. The number of hydrogen-bond donors (Lipinski definition) is 1. The molecule has 3 nitrogen and oxygen atoms in total. The van der Waals surface area contributed by atoms with Crippen molar-refractivity contribution < 1.29 is 9.18 Å². The summed E-state index contributed by atoms with van der Waals surface area (Å²) >= 11 is 0. The van der Waals surface area contributed by atoms with E-state index in [-0.39, 0.29) is 11.5 Å². The van der Waals surface area contributed by atoms with Gasteiger partial charge in [-0.25, -0.2) is 4.39 Å². The molecule has 12 heavy (non-hydrogen) atoms. The molecule has 0 aliphatic carbocycles. The summed E-state index contributed by atoms with van der Waals surface area (Å²) < 4.78 is 12.6. The van der Waals surface area contributed by atoms with Crippen LogP contribution in [-0.4, -0.2) is 17.9 Å². The Kier molecular flexibility index (Phi) is 2.38. The van der Waals surface area contributed by atoms with Gasteiger partial charge in [-0.1, -0.05) is 0 Å². The SMILES string of the molecule is CNC(=O)c1cc(F)cnc1C. The van der Waals surface area contributed by atoms with Crippen LogP contribution in [0.3, 0.4) is 0 Å². The lowest BCUT2D eigenvalue weighted by Crippen LogP contribution is -2.19. The quantitative estimate of drug-likeness (QED) is 0.676. The Balaban J connectivity index is 3.13. The van der Waals surface area contributed by atoms with Gasteiger partial charge in [-0.05, 0) is 13.0 Å². The van der Waals surface area contributed by atoms with Gasteiger partial charge in [0.1, 0.15) is 5.82 Å². The van der Waals surface area contributed by atoms with Crippen molar-refractivity contribution in [3.8, 4) is 0 Å². The maximum atomic E-state index is 12.6. The predicted octanol–water partition coefficient (Wildman–Crippen LogP) is 0.889. The van der Waals surface area contributed by atoms with Crippen LogP contribution in [0.4, 0.5) is 4.39 Å². The number of amides is 1. The van der Waals surface area contributed by atoms with Crippen LogP contribution in [0.5, 0.6) is 0 Å². The Labute approximate surface area is 69.6 Å². The number of carbonyl (C=O) groups excluding carboxylic acids is 1. The van der Waals surface area contributed by atoms with Gasteiger partial charge in [0, 0.05) is 7.05 Å². The second kappa shape index (κ2) is 3.30. The molecular formula is C8H9FN2O. The summed E-state index contributed by atoms with van der Waals surface area (Å²) in [6, 6.07) is 1.17. The number of hydrogen-bond acceptors (Lipinski definition) is 2. The highest BCUT2D eigenvalue weighted by Gasteiger charge is 2.08. The van der Waals surface area contributed by atoms with Crippen LogP contribution in [0, 0.1) is 12.7 Å². The first-order valence-electron chi connectivity index (χ1n) is 3.49. The fourth-order valence-electron chi connectivity index (χ4n) is 0.872. The van der Waals surface area contributed by atoms with Gasteiger partial charge >= 0.3 is 0 Å². The minimum Gasteiger partial charge on any atom is -0.355 e. The van der Waals surface area contributed by atoms with E-state index in [4.69, 9.17) is 0 Å². The number of nitrogens with zero attached hydrogens (tertiary/aromatic N) is 1. The normalized spacial score (nSPS) is 9.58. The van der Waals surface area contributed by atoms with Gasteiger partial charge in [0.25, 0.3) is 5.91 Å². The van der Waals surface area contributed by atoms with E-state index in [2.05, 4.69) is 10.3 Å². The van der Waals surface area contributed by atoms with Crippen molar-refractivity contribution in [1.29, 1.82) is 0 Å². The van der Waals surface area contributed by atoms with Crippen LogP contribution in [0.25, 0.3) is 0 Å². The zero-order valence-electron chi connectivity index (χ0n) is 6.89. The third-order valence-electron chi connectivity index (χ3n) is 1.53. The molecule has 0 aromatic carbocycles. The van der Waals surface area contributed by atoms with Crippen molar-refractivity contribution in [3.05, 3.63) is 29.3 Å². The zero-order chi connectivity index (χ0) is 9.14. The molecule has 1 aromatic heterocycles. The van der Waals surface area contributed by atoms with Gasteiger partial charge in [-0.3, -0.25) is 9.78 Å². The topological polar surface area (TPSA) is 42.0 Å². The number of aromatic nitrogens is 1. The van der Waals surface area contributed by atoms with Gasteiger partial charge in [0.15, 0.2) is 0 Å². The van der Waals surface area contributed by atoms with Gasteiger partial charge in [0.2, 0.25) is 0 Å². The van der Waals surface area contributed by atoms with Gasteiger partial charge in [-0.2, -0.15) is 0 Å². The van der Waals surface area contributed by atoms with Crippen molar-refractivity contribution in [2.24, 2.45) is 0 Å². The molecule has 0 unspecified atom stereocenters. The molecule has 64 valence electrons. The van der Waals surface area contributed by atoms with Crippen LogP contribution in [0.15, 0.2) is 12.3 Å². The van der Waals surface area contributed by atoms with Crippen LogP contribution < -0.4 is 5.32 Å². The second-order valence-electron chi connectivity index (χ2n) is 2.37. The van der Waals surface area contributed by atoms with Crippen LogP contribution in [-0.2, 0) is 0 Å². The molecule has 0 spiro atoms. The highest BCUT2D eigenvalue weighted by molar-refractivity contribution is 5.94. The first-order valence-corrected chi connectivity index (χ1v) is 3.49. The fraction of sp³-hybridized carbons (Fsp3) is 0.250. The molecule has 1 heterocycles. The molecule has 0 saturated carbocycles. The average molecular weight is 168 g/mol. The van der Waals surface area contributed by atoms with E-state index in [0.717, 1.165) is 6.20 Å². The fourth-order valence-corrected chi connectivity index (χ4v) is 0.872. The Morgan fingerprint density at radius 3 is 2.92 bits per heavy atom. The average Bonchev–Trinajstić information content (AvgIpc) is 2.08. The number of pyridine rings is 1. The highest BCUT2D eigenvalue weighted by Crippen LogP contribution is 2.06. The van der Waals surface area contributed by atoms with E-state index >= 15 is 0 Å². The lowest BCUT2D eigenvalue weighted by atomic mass is 10.2. The third-order valence-corrected chi connectivity index (χ3v) is 1.53. The maximum absolute atomic E-state index is 12.6. The number of nitrogens with one attached hydrogen (secondary N) is 1. The molecule has 0 aliphatic rings. The molecule has 1 amide bonds. The summed E-state index contributed by atoms with van der Waals surface area (Å²) in [6.45, 7) is 1.66. The van der Waals surface area contributed by atoms with E-state index in [1.54, 1.807) is 6.92 Å². The lowest BCUT2D eigenvalue weighted by Gasteiger charge is -2.02. The minimum atomic E-state index is -0.501. The lowest BCUT2D eigenvalue weighted by molar-refractivity contribution is 0.0961. The molecular weight excluding hydrogens is 159 g/mol. The van der Waals surface area contributed by atoms with Crippen molar-refractivity contribution in [2.45, 2.75) is 6.92 Å². The molecule has 1 N–H and O–H groups in total. The summed E-state index contributed by atoms with van der Waals surface area (Å²) in [5, 5.41) is 2.40. The summed E-state index contributed by atoms with van der Waals surface area (Å²) in [7, 11) is 1.49.